The average Bonchev–Trinajstić information content (AvgIpc) is 2.10. The van der Waals surface area contributed by atoms with Gasteiger partial charge in [0.1, 0.15) is 0 Å². The molecule has 0 aromatic heterocycles. The molecule has 0 spiro atoms. The standard InChI is InChI=1S/C12H22O4/c1-9(2)15-11(13)7-5-6-8-12(14)16-10(3)4/h9-10H,5-8H2,1-4H3. The first-order valence-corrected chi connectivity index (χ1v) is 5.80. The first-order valence-electron chi connectivity index (χ1n) is 5.80. The lowest BCUT2D eigenvalue weighted by Crippen LogP contribution is -2.12. The number of esters is 2. The van der Waals surface area contributed by atoms with Crippen LogP contribution in [-0.4, -0.2) is 24.1 Å². The Morgan fingerprint density at radius 3 is 1.38 bits per heavy atom. The van der Waals surface area contributed by atoms with E-state index in [1.54, 1.807) is 0 Å². The van der Waals surface area contributed by atoms with Gasteiger partial charge >= 0.3 is 11.9 Å². The van der Waals surface area contributed by atoms with E-state index in [9.17, 15) is 9.59 Å². The molecule has 0 rings (SSSR count). The van der Waals surface area contributed by atoms with E-state index in [0.29, 0.717) is 25.7 Å². The van der Waals surface area contributed by atoms with Crippen LogP contribution in [0, 0.1) is 0 Å². The van der Waals surface area contributed by atoms with Crippen molar-refractivity contribution >= 4 is 11.9 Å². The van der Waals surface area contributed by atoms with Crippen LogP contribution < -0.4 is 0 Å². The Morgan fingerprint density at radius 1 is 0.812 bits per heavy atom. The fourth-order valence-corrected chi connectivity index (χ4v) is 1.18. The van der Waals surface area contributed by atoms with Gasteiger partial charge in [-0.3, -0.25) is 9.59 Å². The summed E-state index contributed by atoms with van der Waals surface area (Å²) in [5, 5.41) is 0. The number of rotatable bonds is 7. The van der Waals surface area contributed by atoms with Crippen molar-refractivity contribution in [2.24, 2.45) is 0 Å². The Hall–Kier alpha value is -1.06. The third-order valence-corrected chi connectivity index (χ3v) is 1.75. The summed E-state index contributed by atoms with van der Waals surface area (Å²) in [5.41, 5.74) is 0. The van der Waals surface area contributed by atoms with E-state index in [-0.39, 0.29) is 24.1 Å². The molecule has 16 heavy (non-hydrogen) atoms. The highest BCUT2D eigenvalue weighted by Gasteiger charge is 2.08. The van der Waals surface area contributed by atoms with E-state index in [0.717, 1.165) is 0 Å². The monoisotopic (exact) mass is 230 g/mol. The highest BCUT2D eigenvalue weighted by Crippen LogP contribution is 2.05. The molecule has 0 fully saturated rings. The fourth-order valence-electron chi connectivity index (χ4n) is 1.18. The lowest BCUT2D eigenvalue weighted by molar-refractivity contribution is -0.149. The van der Waals surface area contributed by atoms with E-state index in [2.05, 4.69) is 0 Å². The minimum atomic E-state index is -0.202. The summed E-state index contributed by atoms with van der Waals surface area (Å²) >= 11 is 0. The second kappa shape index (κ2) is 8.13. The Kier molecular flexibility index (Phi) is 7.60. The normalized spacial score (nSPS) is 10.6. The molecule has 4 nitrogen and oxygen atoms in total. The fraction of sp³-hybridized carbons (Fsp3) is 0.833. The summed E-state index contributed by atoms with van der Waals surface area (Å²) < 4.78 is 9.93. The number of ether oxygens (including phenoxy) is 2. The molecule has 4 heteroatoms. The topological polar surface area (TPSA) is 52.6 Å². The molecular formula is C12H22O4. The van der Waals surface area contributed by atoms with E-state index in [1.165, 1.54) is 0 Å². The third-order valence-electron chi connectivity index (χ3n) is 1.75. The molecule has 0 N–H and O–H groups in total. The van der Waals surface area contributed by atoms with Gasteiger partial charge in [0.2, 0.25) is 0 Å². The minimum absolute atomic E-state index is 0.0709. The first kappa shape index (κ1) is 14.9. The summed E-state index contributed by atoms with van der Waals surface area (Å²) in [6, 6.07) is 0. The maximum atomic E-state index is 11.1. The van der Waals surface area contributed by atoms with Crippen LogP contribution in [0.1, 0.15) is 53.4 Å². The maximum absolute atomic E-state index is 11.1. The highest BCUT2D eigenvalue weighted by atomic mass is 16.5. The molecule has 94 valence electrons. The predicted octanol–water partition coefficient (Wildman–Crippen LogP) is 2.45. The Bertz CT molecular complexity index is 197. The molecule has 0 atom stereocenters. The molecule has 0 aliphatic carbocycles. The molecule has 0 bridgehead atoms. The van der Waals surface area contributed by atoms with Gasteiger partial charge in [-0.15, -0.1) is 0 Å². The van der Waals surface area contributed by atoms with Gasteiger partial charge in [-0.25, -0.2) is 0 Å². The van der Waals surface area contributed by atoms with Crippen LogP contribution in [0.5, 0.6) is 0 Å². The van der Waals surface area contributed by atoms with Gasteiger partial charge in [0.15, 0.2) is 0 Å². The number of carbonyl (C=O) groups excluding carboxylic acids is 2. The van der Waals surface area contributed by atoms with Gasteiger partial charge in [-0.1, -0.05) is 0 Å². The van der Waals surface area contributed by atoms with Crippen molar-refractivity contribution in [2.45, 2.75) is 65.6 Å². The van der Waals surface area contributed by atoms with Crippen LogP contribution in [0.15, 0.2) is 0 Å². The van der Waals surface area contributed by atoms with Crippen molar-refractivity contribution in [2.75, 3.05) is 0 Å². The molecule has 0 unspecified atom stereocenters. The molecule has 0 heterocycles. The van der Waals surface area contributed by atoms with Gasteiger partial charge in [-0.2, -0.15) is 0 Å². The molecule has 0 amide bonds. The van der Waals surface area contributed by atoms with E-state index in [4.69, 9.17) is 9.47 Å². The average molecular weight is 230 g/mol. The molecule has 0 saturated carbocycles. The quantitative estimate of drug-likeness (QED) is 0.498. The van der Waals surface area contributed by atoms with Crippen molar-refractivity contribution in [1.82, 2.24) is 0 Å². The van der Waals surface area contributed by atoms with Crippen LogP contribution in [0.3, 0.4) is 0 Å². The Morgan fingerprint density at radius 2 is 1.12 bits per heavy atom. The lowest BCUT2D eigenvalue weighted by atomic mass is 10.2. The van der Waals surface area contributed by atoms with Crippen molar-refractivity contribution in [3.05, 3.63) is 0 Å². The zero-order valence-electron chi connectivity index (χ0n) is 10.6. The summed E-state index contributed by atoms with van der Waals surface area (Å²) in [6.45, 7) is 7.27. The van der Waals surface area contributed by atoms with E-state index >= 15 is 0 Å². The number of hydrogen-bond acceptors (Lipinski definition) is 4. The summed E-state index contributed by atoms with van der Waals surface area (Å²) in [4.78, 5) is 22.3. The van der Waals surface area contributed by atoms with Gasteiger partial charge in [-0.05, 0) is 40.5 Å². The minimum Gasteiger partial charge on any atom is -0.463 e. The van der Waals surface area contributed by atoms with E-state index in [1.807, 2.05) is 27.7 Å². The molecule has 0 aromatic rings. The van der Waals surface area contributed by atoms with Crippen LogP contribution in [0.2, 0.25) is 0 Å². The summed E-state index contributed by atoms with van der Waals surface area (Å²) in [5.74, 6) is -0.403. The van der Waals surface area contributed by atoms with Crippen LogP contribution >= 0.6 is 0 Å². The molecule has 0 aliphatic heterocycles. The second-order valence-electron chi connectivity index (χ2n) is 4.28. The predicted molar refractivity (Wildman–Crippen MR) is 60.9 cm³/mol. The smallest absolute Gasteiger partial charge is 0.306 e. The van der Waals surface area contributed by atoms with Crippen LogP contribution in [0.4, 0.5) is 0 Å². The van der Waals surface area contributed by atoms with E-state index < -0.39 is 0 Å². The van der Waals surface area contributed by atoms with Gasteiger partial charge in [0.05, 0.1) is 12.2 Å². The number of carbonyl (C=O) groups is 2. The maximum Gasteiger partial charge on any atom is 0.306 e. The van der Waals surface area contributed by atoms with Crippen LogP contribution in [-0.2, 0) is 19.1 Å². The second-order valence-corrected chi connectivity index (χ2v) is 4.28. The molecule has 0 aliphatic rings. The van der Waals surface area contributed by atoms with Crippen molar-refractivity contribution < 1.29 is 19.1 Å². The van der Waals surface area contributed by atoms with Gasteiger partial charge < -0.3 is 9.47 Å². The van der Waals surface area contributed by atoms with Crippen molar-refractivity contribution in [3.63, 3.8) is 0 Å². The van der Waals surface area contributed by atoms with Crippen molar-refractivity contribution in [1.29, 1.82) is 0 Å². The molecular weight excluding hydrogens is 208 g/mol. The third kappa shape index (κ3) is 9.49. The Labute approximate surface area is 97.3 Å². The van der Waals surface area contributed by atoms with Crippen molar-refractivity contribution in [3.8, 4) is 0 Å². The highest BCUT2D eigenvalue weighted by molar-refractivity contribution is 5.70. The number of unbranched alkanes of at least 4 members (excludes halogenated alkanes) is 1. The molecule has 0 radical (unpaired) electrons. The van der Waals surface area contributed by atoms with Gasteiger partial charge in [0, 0.05) is 12.8 Å². The largest absolute Gasteiger partial charge is 0.463 e. The van der Waals surface area contributed by atoms with Gasteiger partial charge in [0.25, 0.3) is 0 Å². The molecule has 0 saturated heterocycles. The SMILES string of the molecule is CC(C)OC(=O)CCCCC(=O)OC(C)C. The Balaban J connectivity index is 3.46. The lowest BCUT2D eigenvalue weighted by Gasteiger charge is -2.08. The van der Waals surface area contributed by atoms with Crippen LogP contribution in [0.25, 0.3) is 0 Å². The zero-order chi connectivity index (χ0) is 12.6. The number of hydrogen-bond donors (Lipinski definition) is 0. The summed E-state index contributed by atoms with van der Waals surface area (Å²) in [7, 11) is 0. The zero-order valence-corrected chi connectivity index (χ0v) is 10.6. The first-order chi connectivity index (χ1) is 7.41. The summed E-state index contributed by atoms with van der Waals surface area (Å²) in [6.07, 6.45) is 1.93. The molecule has 0 aromatic carbocycles.